The SMILES string of the molecule is COc1ccc(N(CCCN)c2nc(C)cnc2C)cc1. The van der Waals surface area contributed by atoms with Crippen molar-refractivity contribution in [3.8, 4) is 5.75 Å². The molecule has 0 aliphatic heterocycles. The van der Waals surface area contributed by atoms with Crippen LogP contribution in [0.1, 0.15) is 17.8 Å². The maximum Gasteiger partial charge on any atom is 0.154 e. The largest absolute Gasteiger partial charge is 0.497 e. The van der Waals surface area contributed by atoms with Crippen LogP contribution in [-0.4, -0.2) is 30.2 Å². The van der Waals surface area contributed by atoms with E-state index in [1.165, 1.54) is 0 Å². The van der Waals surface area contributed by atoms with Crippen LogP contribution in [0.25, 0.3) is 0 Å². The van der Waals surface area contributed by atoms with Crippen molar-refractivity contribution in [1.29, 1.82) is 0 Å². The molecule has 112 valence electrons. The Kier molecular flexibility index (Phi) is 5.11. The van der Waals surface area contributed by atoms with Crippen molar-refractivity contribution in [1.82, 2.24) is 9.97 Å². The topological polar surface area (TPSA) is 64.3 Å². The van der Waals surface area contributed by atoms with Crippen LogP contribution < -0.4 is 15.4 Å². The molecule has 21 heavy (non-hydrogen) atoms. The lowest BCUT2D eigenvalue weighted by molar-refractivity contribution is 0.415. The van der Waals surface area contributed by atoms with Crippen molar-refractivity contribution in [2.45, 2.75) is 20.3 Å². The number of aryl methyl sites for hydroxylation is 2. The lowest BCUT2D eigenvalue weighted by Crippen LogP contribution is -2.23. The molecule has 0 saturated heterocycles. The maximum absolute atomic E-state index is 5.66. The highest BCUT2D eigenvalue weighted by Gasteiger charge is 2.14. The lowest BCUT2D eigenvalue weighted by Gasteiger charge is -2.25. The molecule has 1 aromatic heterocycles. The van der Waals surface area contributed by atoms with Crippen molar-refractivity contribution in [2.24, 2.45) is 5.73 Å². The Labute approximate surface area is 125 Å². The lowest BCUT2D eigenvalue weighted by atomic mass is 10.2. The number of methoxy groups -OCH3 is 1. The van der Waals surface area contributed by atoms with E-state index in [9.17, 15) is 0 Å². The molecular formula is C16H22N4O. The molecular weight excluding hydrogens is 264 g/mol. The first-order valence-corrected chi connectivity index (χ1v) is 7.07. The first-order valence-electron chi connectivity index (χ1n) is 7.07. The van der Waals surface area contributed by atoms with Crippen LogP contribution in [0.3, 0.4) is 0 Å². The van der Waals surface area contributed by atoms with Gasteiger partial charge >= 0.3 is 0 Å². The highest BCUT2D eigenvalue weighted by molar-refractivity contribution is 5.62. The summed E-state index contributed by atoms with van der Waals surface area (Å²) in [7, 11) is 1.66. The molecule has 0 aliphatic carbocycles. The number of rotatable bonds is 6. The van der Waals surface area contributed by atoms with E-state index in [0.29, 0.717) is 6.54 Å². The molecule has 1 heterocycles. The van der Waals surface area contributed by atoms with Gasteiger partial charge in [-0.1, -0.05) is 0 Å². The van der Waals surface area contributed by atoms with Gasteiger partial charge in [-0.15, -0.1) is 0 Å². The van der Waals surface area contributed by atoms with E-state index in [1.54, 1.807) is 13.3 Å². The summed E-state index contributed by atoms with van der Waals surface area (Å²) in [4.78, 5) is 11.2. The zero-order valence-electron chi connectivity index (χ0n) is 12.8. The summed E-state index contributed by atoms with van der Waals surface area (Å²) in [6, 6.07) is 7.95. The third-order valence-corrected chi connectivity index (χ3v) is 3.28. The molecule has 0 unspecified atom stereocenters. The van der Waals surface area contributed by atoms with Crippen molar-refractivity contribution in [3.05, 3.63) is 41.9 Å². The number of ether oxygens (including phenoxy) is 1. The van der Waals surface area contributed by atoms with Gasteiger partial charge in [0.2, 0.25) is 0 Å². The standard InChI is InChI=1S/C16H22N4O/c1-12-11-18-13(2)16(19-12)20(10-4-9-17)14-5-7-15(21-3)8-6-14/h5-8,11H,4,9-10,17H2,1-3H3. The van der Waals surface area contributed by atoms with Gasteiger partial charge in [-0.2, -0.15) is 0 Å². The van der Waals surface area contributed by atoms with Gasteiger partial charge in [-0.25, -0.2) is 4.98 Å². The second-order valence-corrected chi connectivity index (χ2v) is 4.91. The first-order chi connectivity index (χ1) is 10.2. The molecule has 2 N–H and O–H groups in total. The highest BCUT2D eigenvalue weighted by atomic mass is 16.5. The monoisotopic (exact) mass is 286 g/mol. The molecule has 2 aromatic rings. The summed E-state index contributed by atoms with van der Waals surface area (Å²) in [6.45, 7) is 5.37. The Morgan fingerprint density at radius 3 is 2.52 bits per heavy atom. The zero-order valence-corrected chi connectivity index (χ0v) is 12.8. The zero-order chi connectivity index (χ0) is 15.2. The molecule has 0 fully saturated rings. The van der Waals surface area contributed by atoms with Crippen molar-refractivity contribution in [3.63, 3.8) is 0 Å². The van der Waals surface area contributed by atoms with Crippen molar-refractivity contribution in [2.75, 3.05) is 25.1 Å². The normalized spacial score (nSPS) is 10.5. The summed E-state index contributed by atoms with van der Waals surface area (Å²) in [5.74, 6) is 1.72. The number of nitrogens with zero attached hydrogens (tertiary/aromatic N) is 3. The van der Waals surface area contributed by atoms with Crippen LogP contribution in [0.15, 0.2) is 30.5 Å². The van der Waals surface area contributed by atoms with Crippen LogP contribution in [-0.2, 0) is 0 Å². The Morgan fingerprint density at radius 2 is 1.90 bits per heavy atom. The molecule has 0 saturated carbocycles. The summed E-state index contributed by atoms with van der Waals surface area (Å²) >= 11 is 0. The van der Waals surface area contributed by atoms with E-state index in [0.717, 1.165) is 41.6 Å². The van der Waals surface area contributed by atoms with Gasteiger partial charge in [0.1, 0.15) is 5.75 Å². The molecule has 0 radical (unpaired) electrons. The third-order valence-electron chi connectivity index (χ3n) is 3.28. The van der Waals surface area contributed by atoms with Crippen LogP contribution >= 0.6 is 0 Å². The summed E-state index contributed by atoms with van der Waals surface area (Å²) < 4.78 is 5.21. The summed E-state index contributed by atoms with van der Waals surface area (Å²) in [5.41, 5.74) is 8.54. The fourth-order valence-electron chi connectivity index (χ4n) is 2.15. The number of anilines is 2. The minimum atomic E-state index is 0.644. The quantitative estimate of drug-likeness (QED) is 0.884. The summed E-state index contributed by atoms with van der Waals surface area (Å²) in [6.07, 6.45) is 2.68. The molecule has 0 spiro atoms. The van der Waals surface area contributed by atoms with Gasteiger partial charge in [0.25, 0.3) is 0 Å². The van der Waals surface area contributed by atoms with Crippen molar-refractivity contribution >= 4 is 11.5 Å². The number of aromatic nitrogens is 2. The minimum absolute atomic E-state index is 0.644. The van der Waals surface area contributed by atoms with E-state index in [-0.39, 0.29) is 0 Å². The van der Waals surface area contributed by atoms with Gasteiger partial charge in [0, 0.05) is 18.4 Å². The Hall–Kier alpha value is -2.14. The van der Waals surface area contributed by atoms with Gasteiger partial charge < -0.3 is 15.4 Å². The first kappa shape index (κ1) is 15.3. The van der Waals surface area contributed by atoms with Gasteiger partial charge in [-0.3, -0.25) is 4.98 Å². The molecule has 0 aliphatic rings. The Morgan fingerprint density at radius 1 is 1.19 bits per heavy atom. The molecule has 2 rings (SSSR count). The van der Waals surface area contributed by atoms with Gasteiger partial charge in [0.15, 0.2) is 5.82 Å². The number of hydrogen-bond donors (Lipinski definition) is 1. The van der Waals surface area contributed by atoms with Crippen LogP contribution in [0.4, 0.5) is 11.5 Å². The van der Waals surface area contributed by atoms with E-state index >= 15 is 0 Å². The molecule has 0 amide bonds. The molecule has 5 heteroatoms. The highest BCUT2D eigenvalue weighted by Crippen LogP contribution is 2.27. The molecule has 0 atom stereocenters. The molecule has 1 aromatic carbocycles. The fourth-order valence-corrected chi connectivity index (χ4v) is 2.15. The van der Waals surface area contributed by atoms with E-state index < -0.39 is 0 Å². The molecule has 0 bridgehead atoms. The van der Waals surface area contributed by atoms with Crippen LogP contribution in [0.2, 0.25) is 0 Å². The van der Waals surface area contributed by atoms with E-state index in [4.69, 9.17) is 10.5 Å². The maximum atomic E-state index is 5.66. The Bertz CT molecular complexity index is 583. The Balaban J connectivity index is 2.38. The average Bonchev–Trinajstić information content (AvgIpc) is 2.51. The minimum Gasteiger partial charge on any atom is -0.497 e. The second kappa shape index (κ2) is 7.04. The average molecular weight is 286 g/mol. The molecule has 5 nitrogen and oxygen atoms in total. The van der Waals surface area contributed by atoms with Crippen LogP contribution in [0.5, 0.6) is 5.75 Å². The summed E-state index contributed by atoms with van der Waals surface area (Å²) in [5, 5.41) is 0. The van der Waals surface area contributed by atoms with Gasteiger partial charge in [-0.05, 0) is 51.1 Å². The second-order valence-electron chi connectivity index (χ2n) is 4.91. The van der Waals surface area contributed by atoms with Crippen molar-refractivity contribution < 1.29 is 4.74 Å². The van der Waals surface area contributed by atoms with Gasteiger partial charge in [0.05, 0.1) is 18.5 Å². The van der Waals surface area contributed by atoms with E-state index in [1.807, 2.05) is 38.1 Å². The smallest absolute Gasteiger partial charge is 0.154 e. The predicted molar refractivity (Wildman–Crippen MR) is 85.2 cm³/mol. The van der Waals surface area contributed by atoms with E-state index in [2.05, 4.69) is 14.9 Å². The fraction of sp³-hybridized carbons (Fsp3) is 0.375. The van der Waals surface area contributed by atoms with Crippen LogP contribution in [0, 0.1) is 13.8 Å². The number of hydrogen-bond acceptors (Lipinski definition) is 5. The number of nitrogens with two attached hydrogens (primary N) is 1. The third kappa shape index (κ3) is 3.70. The predicted octanol–water partition coefficient (Wildman–Crippen LogP) is 2.59. The number of benzene rings is 1.